The van der Waals surface area contributed by atoms with Crippen LogP contribution in [0.15, 0.2) is 12.2 Å². The molecule has 0 fully saturated rings. The van der Waals surface area contributed by atoms with E-state index in [4.69, 9.17) is 0 Å². The summed E-state index contributed by atoms with van der Waals surface area (Å²) in [5.74, 6) is 5.58. The topological polar surface area (TPSA) is 17.1 Å². The van der Waals surface area contributed by atoms with Gasteiger partial charge < -0.3 is 4.79 Å². The Morgan fingerprint density at radius 3 is 2.89 bits per heavy atom. The van der Waals surface area contributed by atoms with Crippen molar-refractivity contribution >= 4 is 6.29 Å². The molecule has 0 spiro atoms. The largest absolute Gasteiger partial charge is 0.303 e. The van der Waals surface area contributed by atoms with Crippen molar-refractivity contribution in [2.75, 3.05) is 0 Å². The van der Waals surface area contributed by atoms with Crippen molar-refractivity contribution in [1.29, 1.82) is 0 Å². The second-order valence-electron chi connectivity index (χ2n) is 1.79. The number of aldehydes is 1. The molecule has 0 aliphatic heterocycles. The third-order valence-electron chi connectivity index (χ3n) is 0.689. The first-order chi connectivity index (χ1) is 4.27. The zero-order chi connectivity index (χ0) is 7.11. The van der Waals surface area contributed by atoms with Gasteiger partial charge in [-0.15, -0.1) is 0 Å². The molecular formula is C8H10O. The summed E-state index contributed by atoms with van der Waals surface area (Å²) in [6, 6.07) is 0. The lowest BCUT2D eigenvalue weighted by Crippen LogP contribution is -1.70. The minimum absolute atomic E-state index is 0.528. The molecule has 0 aromatic heterocycles. The van der Waals surface area contributed by atoms with Crippen LogP contribution in [0.25, 0.3) is 0 Å². The monoisotopic (exact) mass is 122 g/mol. The van der Waals surface area contributed by atoms with Crippen molar-refractivity contribution in [2.24, 2.45) is 0 Å². The molecule has 1 nitrogen and oxygen atoms in total. The molecule has 0 aliphatic rings. The van der Waals surface area contributed by atoms with Gasteiger partial charge in [0.25, 0.3) is 0 Å². The molecule has 0 amide bonds. The molecular weight excluding hydrogens is 112 g/mol. The summed E-state index contributed by atoms with van der Waals surface area (Å²) < 4.78 is 0. The van der Waals surface area contributed by atoms with Gasteiger partial charge in [-0.25, -0.2) is 0 Å². The fourth-order valence-corrected chi connectivity index (χ4v) is 0.344. The van der Waals surface area contributed by atoms with Gasteiger partial charge in [0.15, 0.2) is 0 Å². The van der Waals surface area contributed by atoms with E-state index in [1.54, 1.807) is 0 Å². The molecule has 0 aromatic carbocycles. The van der Waals surface area contributed by atoms with Gasteiger partial charge in [-0.1, -0.05) is 18.4 Å². The lowest BCUT2D eigenvalue weighted by Gasteiger charge is -1.77. The third-order valence-corrected chi connectivity index (χ3v) is 0.689. The Balaban J connectivity index is 3.37. The number of rotatable bonds is 2. The van der Waals surface area contributed by atoms with Crippen LogP contribution < -0.4 is 0 Å². The van der Waals surface area contributed by atoms with E-state index in [2.05, 4.69) is 18.4 Å². The van der Waals surface area contributed by atoms with Gasteiger partial charge in [0.1, 0.15) is 6.29 Å². The molecule has 0 saturated heterocycles. The molecule has 0 N–H and O–H groups in total. The summed E-state index contributed by atoms with van der Waals surface area (Å²) in [4.78, 5) is 9.76. The van der Waals surface area contributed by atoms with Gasteiger partial charge in [-0.05, 0) is 12.5 Å². The average molecular weight is 122 g/mol. The van der Waals surface area contributed by atoms with E-state index in [1.165, 1.54) is 0 Å². The zero-order valence-corrected chi connectivity index (χ0v) is 5.61. The summed E-state index contributed by atoms with van der Waals surface area (Å²) in [5, 5.41) is 0. The van der Waals surface area contributed by atoms with Crippen LogP contribution in [0.3, 0.4) is 0 Å². The van der Waals surface area contributed by atoms with Gasteiger partial charge >= 0.3 is 0 Å². The van der Waals surface area contributed by atoms with Crippen LogP contribution in [0.1, 0.15) is 19.8 Å². The summed E-state index contributed by atoms with van der Waals surface area (Å²) in [6.45, 7) is 5.43. The Morgan fingerprint density at radius 1 is 1.78 bits per heavy atom. The normalized spacial score (nSPS) is 7.22. The first-order valence-corrected chi connectivity index (χ1v) is 2.85. The molecule has 0 atom stereocenters. The molecule has 0 unspecified atom stereocenters. The van der Waals surface area contributed by atoms with Crippen LogP contribution in [-0.2, 0) is 4.79 Å². The Bertz CT molecular complexity index is 157. The highest BCUT2D eigenvalue weighted by molar-refractivity contribution is 5.49. The van der Waals surface area contributed by atoms with Crippen LogP contribution >= 0.6 is 0 Å². The lowest BCUT2D eigenvalue weighted by atomic mass is 10.3. The van der Waals surface area contributed by atoms with Crippen LogP contribution in [-0.4, -0.2) is 6.29 Å². The Kier molecular flexibility index (Phi) is 4.53. The SMILES string of the molecule is C=C(C)C#CCCC=O. The minimum Gasteiger partial charge on any atom is -0.303 e. The number of allylic oxidation sites excluding steroid dienone is 1. The van der Waals surface area contributed by atoms with Gasteiger partial charge in [-0.3, -0.25) is 0 Å². The average Bonchev–Trinajstić information content (AvgIpc) is 1.80. The zero-order valence-electron chi connectivity index (χ0n) is 5.61. The predicted octanol–water partition coefficient (Wildman–Crippen LogP) is 1.54. The molecule has 48 valence electrons. The van der Waals surface area contributed by atoms with Gasteiger partial charge in [0, 0.05) is 12.8 Å². The van der Waals surface area contributed by atoms with E-state index in [1.807, 2.05) is 6.92 Å². The number of carbonyl (C=O) groups excluding carboxylic acids is 1. The maximum atomic E-state index is 9.76. The standard InChI is InChI=1S/C8H10O/c1-8(2)6-4-3-5-7-9/h7H,1,3,5H2,2H3. The van der Waals surface area contributed by atoms with Gasteiger partial charge in [0.05, 0.1) is 0 Å². The number of hydrogen-bond donors (Lipinski definition) is 0. The first kappa shape index (κ1) is 7.97. The molecule has 0 bridgehead atoms. The highest BCUT2D eigenvalue weighted by Gasteiger charge is 1.75. The summed E-state index contributed by atoms with van der Waals surface area (Å²) in [7, 11) is 0. The smallest absolute Gasteiger partial charge is 0.120 e. The van der Waals surface area contributed by atoms with Crippen LogP contribution in [0, 0.1) is 11.8 Å². The highest BCUT2D eigenvalue weighted by atomic mass is 16.1. The van der Waals surface area contributed by atoms with Crippen molar-refractivity contribution in [3.8, 4) is 11.8 Å². The van der Waals surface area contributed by atoms with Crippen LogP contribution in [0.2, 0.25) is 0 Å². The van der Waals surface area contributed by atoms with Gasteiger partial charge in [-0.2, -0.15) is 0 Å². The van der Waals surface area contributed by atoms with Crippen molar-refractivity contribution in [1.82, 2.24) is 0 Å². The van der Waals surface area contributed by atoms with Crippen molar-refractivity contribution < 1.29 is 4.79 Å². The molecule has 1 heteroatoms. The van der Waals surface area contributed by atoms with Gasteiger partial charge in [0.2, 0.25) is 0 Å². The molecule has 0 heterocycles. The molecule has 0 rings (SSSR count). The lowest BCUT2D eigenvalue weighted by molar-refractivity contribution is -0.107. The molecule has 0 aromatic rings. The highest BCUT2D eigenvalue weighted by Crippen LogP contribution is 1.84. The first-order valence-electron chi connectivity index (χ1n) is 2.85. The molecule has 0 radical (unpaired) electrons. The molecule has 9 heavy (non-hydrogen) atoms. The second-order valence-corrected chi connectivity index (χ2v) is 1.79. The predicted molar refractivity (Wildman–Crippen MR) is 37.9 cm³/mol. The maximum Gasteiger partial charge on any atom is 0.120 e. The number of unbranched alkanes of at least 4 members (excludes halogenated alkanes) is 1. The minimum atomic E-state index is 0.528. The third kappa shape index (κ3) is 6.97. The van der Waals surface area contributed by atoms with Crippen molar-refractivity contribution in [3.63, 3.8) is 0 Å². The van der Waals surface area contributed by atoms with Crippen molar-refractivity contribution in [2.45, 2.75) is 19.8 Å². The number of hydrogen-bond acceptors (Lipinski definition) is 1. The Labute approximate surface area is 55.8 Å². The summed E-state index contributed by atoms with van der Waals surface area (Å²) in [6.07, 6.45) is 2.05. The Hall–Kier alpha value is -1.03. The van der Waals surface area contributed by atoms with E-state index < -0.39 is 0 Å². The number of carbonyl (C=O) groups is 1. The molecule has 0 saturated carbocycles. The van der Waals surface area contributed by atoms with Crippen molar-refractivity contribution in [3.05, 3.63) is 12.2 Å². The fourth-order valence-electron chi connectivity index (χ4n) is 0.344. The maximum absolute atomic E-state index is 9.76. The second kappa shape index (κ2) is 5.11. The van der Waals surface area contributed by atoms with E-state index >= 15 is 0 Å². The quantitative estimate of drug-likeness (QED) is 0.308. The summed E-state index contributed by atoms with van der Waals surface area (Å²) >= 11 is 0. The van der Waals surface area contributed by atoms with E-state index in [0.29, 0.717) is 12.8 Å². The van der Waals surface area contributed by atoms with E-state index in [-0.39, 0.29) is 0 Å². The van der Waals surface area contributed by atoms with E-state index in [9.17, 15) is 4.79 Å². The fraction of sp³-hybridized carbons (Fsp3) is 0.375. The molecule has 0 aliphatic carbocycles. The summed E-state index contributed by atoms with van der Waals surface area (Å²) in [5.41, 5.74) is 0.848. The van der Waals surface area contributed by atoms with E-state index in [0.717, 1.165) is 11.9 Å². The van der Waals surface area contributed by atoms with Crippen LogP contribution in [0.5, 0.6) is 0 Å². The Morgan fingerprint density at radius 2 is 2.44 bits per heavy atom. The van der Waals surface area contributed by atoms with Crippen LogP contribution in [0.4, 0.5) is 0 Å².